The summed E-state index contributed by atoms with van der Waals surface area (Å²) in [6.07, 6.45) is 1.65. The number of cyclic esters (lactones) is 1. The van der Waals surface area contributed by atoms with Gasteiger partial charge >= 0.3 is 5.97 Å². The number of hydrogen-bond donors (Lipinski definition) is 0. The third kappa shape index (κ3) is 5.94. The molecule has 3 aromatic carbocycles. The van der Waals surface area contributed by atoms with Gasteiger partial charge in [0, 0.05) is 10.0 Å². The summed E-state index contributed by atoms with van der Waals surface area (Å²) < 4.78 is 19.1. The molecule has 0 aromatic heterocycles. The Labute approximate surface area is 229 Å². The van der Waals surface area contributed by atoms with Crippen molar-refractivity contribution in [3.8, 4) is 11.5 Å². The van der Waals surface area contributed by atoms with Crippen molar-refractivity contribution in [3.05, 3.63) is 95.1 Å². The quantitative estimate of drug-likeness (QED) is 0.147. The highest BCUT2D eigenvalue weighted by molar-refractivity contribution is 14.1. The lowest BCUT2D eigenvalue weighted by molar-refractivity contribution is -0.129. The third-order valence-corrected chi connectivity index (χ3v) is 6.73. The molecule has 0 N–H and O–H groups in total. The molecule has 0 unspecified atom stereocenters. The van der Waals surface area contributed by atoms with Crippen molar-refractivity contribution in [1.82, 2.24) is 0 Å². The zero-order chi connectivity index (χ0) is 24.2. The number of ether oxygens (including phenoxy) is 3. The molecule has 9 heteroatoms. The van der Waals surface area contributed by atoms with Crippen molar-refractivity contribution in [3.63, 3.8) is 0 Å². The maximum absolute atomic E-state index is 12.4. The normalized spacial score (nSPS) is 14.2. The van der Waals surface area contributed by atoms with E-state index in [4.69, 9.17) is 37.4 Å². The average Bonchev–Trinajstić information content (AvgIpc) is 3.15. The van der Waals surface area contributed by atoms with Crippen LogP contribution in [0.3, 0.4) is 0 Å². The van der Waals surface area contributed by atoms with Gasteiger partial charge in [-0.25, -0.2) is 9.79 Å². The standard InChI is InChI=1S/C25H17BrCl2INO4/c1-2-32-22-11-15(9-20(29)23(22)33-13-14-4-3-5-17(26)8-14)10-21-25(31)34-24(30-21)16-6-7-18(27)19(28)12-16/h3-12H,2,13H2,1H3/b21-10-. The second-order valence-electron chi connectivity index (χ2n) is 7.15. The SMILES string of the molecule is CCOc1cc(/C=C2\N=C(c3ccc(Cl)c(Cl)c3)OC2=O)cc(I)c1OCc1cccc(Br)c1. The van der Waals surface area contributed by atoms with Crippen LogP contribution >= 0.6 is 61.7 Å². The smallest absolute Gasteiger partial charge is 0.363 e. The molecule has 0 saturated heterocycles. The Hall–Kier alpha value is -2.07. The highest BCUT2D eigenvalue weighted by Crippen LogP contribution is 2.36. The number of nitrogens with zero attached hydrogens (tertiary/aromatic N) is 1. The fourth-order valence-electron chi connectivity index (χ4n) is 3.18. The van der Waals surface area contributed by atoms with Gasteiger partial charge in [-0.1, -0.05) is 51.3 Å². The van der Waals surface area contributed by atoms with E-state index in [0.717, 1.165) is 19.2 Å². The Kier molecular flexibility index (Phi) is 8.18. The first kappa shape index (κ1) is 25.0. The summed E-state index contributed by atoms with van der Waals surface area (Å²) in [5.74, 6) is 0.836. The molecule has 4 rings (SSSR count). The summed E-state index contributed by atoms with van der Waals surface area (Å²) in [6, 6.07) is 16.5. The van der Waals surface area contributed by atoms with Crippen LogP contribution in [0.25, 0.3) is 6.08 Å². The second-order valence-corrected chi connectivity index (χ2v) is 10.0. The Morgan fingerprint density at radius 3 is 2.65 bits per heavy atom. The molecule has 34 heavy (non-hydrogen) atoms. The van der Waals surface area contributed by atoms with Gasteiger partial charge in [-0.05, 0) is 89.2 Å². The summed E-state index contributed by atoms with van der Waals surface area (Å²) in [5, 5.41) is 0.760. The van der Waals surface area contributed by atoms with E-state index >= 15 is 0 Å². The highest BCUT2D eigenvalue weighted by atomic mass is 127. The van der Waals surface area contributed by atoms with Gasteiger partial charge in [0.1, 0.15) is 6.61 Å². The predicted molar refractivity (Wildman–Crippen MR) is 146 cm³/mol. The molecule has 1 aliphatic heterocycles. The molecule has 0 aliphatic carbocycles. The summed E-state index contributed by atoms with van der Waals surface area (Å²) >= 11 is 17.7. The maximum Gasteiger partial charge on any atom is 0.363 e. The molecule has 0 saturated carbocycles. The van der Waals surface area contributed by atoms with Gasteiger partial charge < -0.3 is 14.2 Å². The molecule has 0 bridgehead atoms. The van der Waals surface area contributed by atoms with Crippen LogP contribution in [0.5, 0.6) is 11.5 Å². The van der Waals surface area contributed by atoms with Gasteiger partial charge in [-0.15, -0.1) is 0 Å². The number of benzene rings is 3. The minimum atomic E-state index is -0.552. The van der Waals surface area contributed by atoms with Crippen LogP contribution in [0.15, 0.2) is 69.8 Å². The minimum absolute atomic E-state index is 0.169. The number of carbonyl (C=O) groups is 1. The number of carbonyl (C=O) groups excluding carboxylic acids is 1. The molecule has 0 spiro atoms. The third-order valence-electron chi connectivity index (χ3n) is 4.69. The molecule has 1 heterocycles. The van der Waals surface area contributed by atoms with Crippen molar-refractivity contribution < 1.29 is 19.0 Å². The van der Waals surface area contributed by atoms with Crippen LogP contribution < -0.4 is 9.47 Å². The van der Waals surface area contributed by atoms with Gasteiger partial charge in [0.2, 0.25) is 5.90 Å². The van der Waals surface area contributed by atoms with Crippen molar-refractivity contribution in [2.75, 3.05) is 6.61 Å². The van der Waals surface area contributed by atoms with Crippen LogP contribution in [-0.2, 0) is 16.1 Å². The average molecular weight is 673 g/mol. The van der Waals surface area contributed by atoms with Crippen LogP contribution in [0, 0.1) is 3.57 Å². The van der Waals surface area contributed by atoms with Crippen LogP contribution in [0.4, 0.5) is 0 Å². The zero-order valence-corrected chi connectivity index (χ0v) is 23.0. The number of rotatable bonds is 7. The largest absolute Gasteiger partial charge is 0.490 e. The molecule has 0 atom stereocenters. The minimum Gasteiger partial charge on any atom is -0.490 e. The highest BCUT2D eigenvalue weighted by Gasteiger charge is 2.25. The van der Waals surface area contributed by atoms with Crippen LogP contribution in [0.1, 0.15) is 23.6 Å². The first-order valence-electron chi connectivity index (χ1n) is 10.2. The first-order valence-corrected chi connectivity index (χ1v) is 12.8. The molecule has 0 amide bonds. The Balaban J connectivity index is 1.61. The molecule has 0 fully saturated rings. The Bertz CT molecular complexity index is 1330. The molecule has 1 aliphatic rings. The van der Waals surface area contributed by atoms with Crippen molar-refractivity contribution in [2.24, 2.45) is 4.99 Å². The fraction of sp³-hybridized carbons (Fsp3) is 0.120. The molecule has 3 aromatic rings. The van der Waals surface area contributed by atoms with Crippen molar-refractivity contribution in [1.29, 1.82) is 0 Å². The first-order chi connectivity index (χ1) is 16.3. The van der Waals surface area contributed by atoms with E-state index in [1.165, 1.54) is 0 Å². The Morgan fingerprint density at radius 1 is 1.09 bits per heavy atom. The molecule has 0 radical (unpaired) electrons. The molecule has 174 valence electrons. The van der Waals surface area contributed by atoms with Gasteiger partial charge in [-0.2, -0.15) is 0 Å². The van der Waals surface area contributed by atoms with Gasteiger partial charge in [-0.3, -0.25) is 0 Å². The number of aliphatic imine (C=N–C) groups is 1. The maximum atomic E-state index is 12.4. The number of halogens is 4. The zero-order valence-electron chi connectivity index (χ0n) is 17.8. The van der Waals surface area contributed by atoms with E-state index < -0.39 is 5.97 Å². The second kappa shape index (κ2) is 11.1. The fourth-order valence-corrected chi connectivity index (χ4v) is 4.70. The summed E-state index contributed by atoms with van der Waals surface area (Å²) in [4.78, 5) is 16.8. The summed E-state index contributed by atoms with van der Waals surface area (Å²) in [7, 11) is 0. The topological polar surface area (TPSA) is 57.1 Å². The monoisotopic (exact) mass is 671 g/mol. The van der Waals surface area contributed by atoms with E-state index in [0.29, 0.717) is 40.3 Å². The lowest BCUT2D eigenvalue weighted by Crippen LogP contribution is -2.05. The predicted octanol–water partition coefficient (Wildman–Crippen LogP) is 7.68. The molecule has 5 nitrogen and oxygen atoms in total. The number of hydrogen-bond acceptors (Lipinski definition) is 5. The summed E-state index contributed by atoms with van der Waals surface area (Å²) in [6.45, 7) is 2.75. The number of esters is 1. The lowest BCUT2D eigenvalue weighted by atomic mass is 10.1. The van der Waals surface area contributed by atoms with E-state index in [9.17, 15) is 4.79 Å². The Morgan fingerprint density at radius 2 is 1.91 bits per heavy atom. The van der Waals surface area contributed by atoms with Crippen LogP contribution in [-0.4, -0.2) is 18.5 Å². The van der Waals surface area contributed by atoms with Gasteiger partial charge in [0.05, 0.1) is 20.2 Å². The van der Waals surface area contributed by atoms with E-state index in [2.05, 4.69) is 43.5 Å². The van der Waals surface area contributed by atoms with E-state index in [1.807, 2.05) is 43.3 Å². The van der Waals surface area contributed by atoms with Crippen molar-refractivity contribution >= 4 is 79.7 Å². The van der Waals surface area contributed by atoms with Gasteiger partial charge in [0.15, 0.2) is 17.2 Å². The van der Waals surface area contributed by atoms with Gasteiger partial charge in [0.25, 0.3) is 0 Å². The van der Waals surface area contributed by atoms with Crippen LogP contribution in [0.2, 0.25) is 10.0 Å². The van der Waals surface area contributed by atoms with Crippen molar-refractivity contribution in [2.45, 2.75) is 13.5 Å². The molecular weight excluding hydrogens is 656 g/mol. The van der Waals surface area contributed by atoms with E-state index in [1.54, 1.807) is 24.3 Å². The summed E-state index contributed by atoms with van der Waals surface area (Å²) in [5.41, 5.74) is 2.49. The lowest BCUT2D eigenvalue weighted by Gasteiger charge is -2.15. The molecular formula is C25H17BrCl2INO4. The van der Waals surface area contributed by atoms with E-state index in [-0.39, 0.29) is 11.6 Å².